The van der Waals surface area contributed by atoms with Crippen molar-refractivity contribution < 1.29 is 9.50 Å². The average Bonchev–Trinajstić information content (AvgIpc) is 2.12. The molecule has 0 heterocycles. The summed E-state index contributed by atoms with van der Waals surface area (Å²) in [6.45, 7) is 7.19. The summed E-state index contributed by atoms with van der Waals surface area (Å²) in [5, 5.41) is 8.88. The molecule has 0 bridgehead atoms. The quantitative estimate of drug-likeness (QED) is 0.742. The molecular formula is C11H14FO. The van der Waals surface area contributed by atoms with Crippen LogP contribution < -0.4 is 0 Å². The molecule has 0 aromatic heterocycles. The van der Waals surface area contributed by atoms with Crippen LogP contribution in [0.4, 0.5) is 4.39 Å². The van der Waals surface area contributed by atoms with E-state index >= 15 is 0 Å². The Bertz CT molecular complexity index is 284. The van der Waals surface area contributed by atoms with E-state index < -0.39 is 0 Å². The lowest BCUT2D eigenvalue weighted by molar-refractivity contribution is 0.282. The normalized spacial score (nSPS) is 13.0. The van der Waals surface area contributed by atoms with Crippen molar-refractivity contribution >= 4 is 0 Å². The second-order valence-corrected chi connectivity index (χ2v) is 3.35. The molecule has 0 amide bonds. The number of aryl methyl sites for hydroxylation is 2. The number of rotatable bonds is 2. The number of aliphatic hydroxyl groups excluding tert-OH is 1. The third-order valence-corrected chi connectivity index (χ3v) is 2.15. The minimum atomic E-state index is -0.172. The van der Waals surface area contributed by atoms with E-state index in [0.29, 0.717) is 11.1 Å². The molecule has 0 spiro atoms. The molecule has 0 saturated carbocycles. The smallest absolute Gasteiger partial charge is 0.129 e. The second-order valence-electron chi connectivity index (χ2n) is 3.35. The molecule has 1 unspecified atom stereocenters. The van der Waals surface area contributed by atoms with E-state index in [2.05, 4.69) is 6.92 Å². The van der Waals surface area contributed by atoms with E-state index in [4.69, 9.17) is 5.11 Å². The van der Waals surface area contributed by atoms with E-state index in [9.17, 15) is 4.39 Å². The Balaban J connectivity index is 3.13. The molecule has 1 atom stereocenters. The van der Waals surface area contributed by atoms with Gasteiger partial charge in [-0.2, -0.15) is 0 Å². The predicted octanol–water partition coefficient (Wildman–Crippen LogP) is 2.35. The van der Waals surface area contributed by atoms with E-state index in [1.165, 1.54) is 0 Å². The molecule has 0 saturated heterocycles. The topological polar surface area (TPSA) is 20.2 Å². The molecule has 1 nitrogen and oxygen atoms in total. The fraction of sp³-hybridized carbons (Fsp3) is 0.364. The van der Waals surface area contributed by atoms with E-state index in [1.807, 2.05) is 0 Å². The molecule has 1 rings (SSSR count). The van der Waals surface area contributed by atoms with Gasteiger partial charge in [0.15, 0.2) is 0 Å². The standard InChI is InChI=1S/C11H14FO/c1-7-4-10(9(3)6-13)5-8(2)11(7)12/h4-5,9,13H,3,6H2,1-2H3. The van der Waals surface area contributed by atoms with Crippen molar-refractivity contribution in [2.45, 2.75) is 19.8 Å². The molecular weight excluding hydrogens is 167 g/mol. The first-order chi connectivity index (χ1) is 6.06. The van der Waals surface area contributed by atoms with Gasteiger partial charge in [-0.1, -0.05) is 12.1 Å². The predicted molar refractivity (Wildman–Crippen MR) is 51.1 cm³/mol. The van der Waals surface area contributed by atoms with Crippen LogP contribution in [0.5, 0.6) is 0 Å². The molecule has 0 aliphatic rings. The third kappa shape index (κ3) is 2.07. The van der Waals surface area contributed by atoms with Crippen LogP contribution in [0.25, 0.3) is 0 Å². The summed E-state index contributed by atoms with van der Waals surface area (Å²) in [6, 6.07) is 3.46. The molecule has 71 valence electrons. The van der Waals surface area contributed by atoms with Crippen molar-refractivity contribution in [1.82, 2.24) is 0 Å². The molecule has 1 aromatic carbocycles. The second kappa shape index (κ2) is 3.88. The molecule has 0 aliphatic carbocycles. The molecule has 1 aromatic rings. The number of benzene rings is 1. The van der Waals surface area contributed by atoms with Crippen LogP contribution in [0.1, 0.15) is 22.6 Å². The van der Waals surface area contributed by atoms with Crippen LogP contribution in [0.2, 0.25) is 0 Å². The zero-order chi connectivity index (χ0) is 10.0. The zero-order valence-corrected chi connectivity index (χ0v) is 7.97. The summed E-state index contributed by atoms with van der Waals surface area (Å²) in [4.78, 5) is 0. The van der Waals surface area contributed by atoms with Gasteiger partial charge in [-0.05, 0) is 37.5 Å². The van der Waals surface area contributed by atoms with Crippen LogP contribution in [0.15, 0.2) is 12.1 Å². The van der Waals surface area contributed by atoms with Gasteiger partial charge >= 0.3 is 0 Å². The zero-order valence-electron chi connectivity index (χ0n) is 7.97. The highest BCUT2D eigenvalue weighted by Crippen LogP contribution is 2.20. The van der Waals surface area contributed by atoms with Crippen molar-refractivity contribution in [3.63, 3.8) is 0 Å². The summed E-state index contributed by atoms with van der Waals surface area (Å²) in [6.07, 6.45) is 0. The minimum absolute atomic E-state index is 0.00941. The fourth-order valence-corrected chi connectivity index (χ4v) is 1.32. The largest absolute Gasteiger partial charge is 0.396 e. The van der Waals surface area contributed by atoms with Crippen LogP contribution in [-0.4, -0.2) is 11.7 Å². The number of hydrogen-bond acceptors (Lipinski definition) is 1. The Kier molecular flexibility index (Phi) is 3.04. The average molecular weight is 181 g/mol. The van der Waals surface area contributed by atoms with E-state index in [0.717, 1.165) is 5.56 Å². The Morgan fingerprint density at radius 1 is 1.38 bits per heavy atom. The van der Waals surface area contributed by atoms with Crippen molar-refractivity contribution in [2.75, 3.05) is 6.61 Å². The van der Waals surface area contributed by atoms with Crippen LogP contribution >= 0.6 is 0 Å². The van der Waals surface area contributed by atoms with Gasteiger partial charge in [-0.15, -0.1) is 0 Å². The summed E-state index contributed by atoms with van der Waals surface area (Å²) < 4.78 is 13.2. The Hall–Kier alpha value is -0.890. The monoisotopic (exact) mass is 181 g/mol. The maximum atomic E-state index is 13.2. The van der Waals surface area contributed by atoms with Gasteiger partial charge in [0.05, 0.1) is 0 Å². The van der Waals surface area contributed by atoms with Gasteiger partial charge in [0.1, 0.15) is 5.82 Å². The maximum Gasteiger partial charge on any atom is 0.129 e. The molecule has 1 N–H and O–H groups in total. The summed E-state index contributed by atoms with van der Waals surface area (Å²) in [5.74, 6) is -0.341. The van der Waals surface area contributed by atoms with Crippen molar-refractivity contribution in [2.24, 2.45) is 0 Å². The van der Waals surface area contributed by atoms with E-state index in [-0.39, 0.29) is 18.3 Å². The van der Waals surface area contributed by atoms with Gasteiger partial charge < -0.3 is 5.11 Å². The molecule has 0 aliphatic heterocycles. The summed E-state index contributed by atoms with van der Waals surface area (Å²) in [7, 11) is 0. The molecule has 1 radical (unpaired) electrons. The summed E-state index contributed by atoms with van der Waals surface area (Å²) >= 11 is 0. The first-order valence-electron chi connectivity index (χ1n) is 4.27. The highest BCUT2D eigenvalue weighted by molar-refractivity contribution is 5.33. The lowest BCUT2D eigenvalue weighted by Gasteiger charge is -2.11. The molecule has 2 heteroatoms. The lowest BCUT2D eigenvalue weighted by atomic mass is 9.97. The number of hydrogen-bond donors (Lipinski definition) is 1. The van der Waals surface area contributed by atoms with Gasteiger partial charge in [0, 0.05) is 12.5 Å². The van der Waals surface area contributed by atoms with Crippen molar-refractivity contribution in [3.8, 4) is 0 Å². The van der Waals surface area contributed by atoms with Crippen LogP contribution in [-0.2, 0) is 0 Å². The first kappa shape index (κ1) is 10.2. The van der Waals surface area contributed by atoms with Crippen LogP contribution in [0, 0.1) is 26.6 Å². The Morgan fingerprint density at radius 2 is 1.85 bits per heavy atom. The Morgan fingerprint density at radius 3 is 2.23 bits per heavy atom. The van der Waals surface area contributed by atoms with E-state index in [1.54, 1.807) is 26.0 Å². The number of halogens is 1. The minimum Gasteiger partial charge on any atom is -0.396 e. The summed E-state index contributed by atoms with van der Waals surface area (Å²) in [5.41, 5.74) is 2.10. The fourth-order valence-electron chi connectivity index (χ4n) is 1.32. The lowest BCUT2D eigenvalue weighted by Crippen LogP contribution is -2.01. The van der Waals surface area contributed by atoms with Crippen molar-refractivity contribution in [3.05, 3.63) is 41.6 Å². The Labute approximate surface area is 78.2 Å². The first-order valence-corrected chi connectivity index (χ1v) is 4.27. The maximum absolute atomic E-state index is 13.2. The van der Waals surface area contributed by atoms with Gasteiger partial charge in [0.25, 0.3) is 0 Å². The van der Waals surface area contributed by atoms with Gasteiger partial charge in [0.2, 0.25) is 0 Å². The molecule has 0 fully saturated rings. The highest BCUT2D eigenvalue weighted by Gasteiger charge is 2.08. The molecule has 13 heavy (non-hydrogen) atoms. The van der Waals surface area contributed by atoms with Crippen LogP contribution in [0.3, 0.4) is 0 Å². The SMILES string of the molecule is [CH2]C(CO)c1cc(C)c(F)c(C)c1. The number of aliphatic hydroxyl groups is 1. The van der Waals surface area contributed by atoms with Gasteiger partial charge in [-0.25, -0.2) is 4.39 Å². The van der Waals surface area contributed by atoms with Gasteiger partial charge in [-0.3, -0.25) is 0 Å². The third-order valence-electron chi connectivity index (χ3n) is 2.15. The van der Waals surface area contributed by atoms with Crippen molar-refractivity contribution in [1.29, 1.82) is 0 Å². The highest BCUT2D eigenvalue weighted by atomic mass is 19.1.